The van der Waals surface area contributed by atoms with Gasteiger partial charge in [0.15, 0.2) is 5.78 Å². The number of carbonyl (C=O) groups is 2. The number of benzene rings is 1. The van der Waals surface area contributed by atoms with Crippen LogP contribution in [0.25, 0.3) is 0 Å². The van der Waals surface area contributed by atoms with Gasteiger partial charge >= 0.3 is 0 Å². The van der Waals surface area contributed by atoms with Gasteiger partial charge in [0.25, 0.3) is 5.22 Å². The molecule has 9 heteroatoms. The Bertz CT molecular complexity index is 980. The molecule has 0 atom stereocenters. The maximum atomic E-state index is 12.4. The molecule has 0 unspecified atom stereocenters. The summed E-state index contributed by atoms with van der Waals surface area (Å²) in [7, 11) is 0. The van der Waals surface area contributed by atoms with E-state index in [0.29, 0.717) is 41.1 Å². The smallest absolute Gasteiger partial charge is 0.277 e. The van der Waals surface area contributed by atoms with Gasteiger partial charge in [0.05, 0.1) is 22.9 Å². The van der Waals surface area contributed by atoms with E-state index in [1.54, 1.807) is 35.6 Å². The molecule has 0 aliphatic carbocycles. The Kier molecular flexibility index (Phi) is 7.16. The molecule has 3 rings (SSSR count). The van der Waals surface area contributed by atoms with Gasteiger partial charge in [0.1, 0.15) is 0 Å². The minimum atomic E-state index is -0.0510. The molecule has 0 radical (unpaired) electrons. The second-order valence-corrected chi connectivity index (χ2v) is 8.92. The zero-order valence-corrected chi connectivity index (χ0v) is 18.1. The monoisotopic (exact) mass is 430 g/mol. The maximum Gasteiger partial charge on any atom is 0.277 e. The lowest BCUT2D eigenvalue weighted by atomic mass is 10.1. The van der Waals surface area contributed by atoms with Crippen LogP contribution in [0, 0.1) is 12.8 Å². The second kappa shape index (κ2) is 9.80. The summed E-state index contributed by atoms with van der Waals surface area (Å²) in [5.74, 6) is 0.881. The van der Waals surface area contributed by atoms with Gasteiger partial charge in [-0.2, -0.15) is 0 Å². The molecule has 0 fully saturated rings. The summed E-state index contributed by atoms with van der Waals surface area (Å²) in [5, 5.41) is 14.1. The Morgan fingerprint density at radius 1 is 1.21 bits per heavy atom. The molecule has 7 nitrogen and oxygen atoms in total. The van der Waals surface area contributed by atoms with Crippen molar-refractivity contribution in [2.24, 2.45) is 5.92 Å². The third-order valence-corrected chi connectivity index (χ3v) is 5.50. The standard InChI is InChI=1S/C20H22N4O3S2/c1-12(2)8-18(26)22-15-6-4-14(5-7-15)17(25)11-29-20-24-23-19(27-20)9-16-10-28-13(3)21-16/h4-7,10,12H,8-9,11H2,1-3H3,(H,22,26). The van der Waals surface area contributed by atoms with Crippen LogP contribution in [0.1, 0.15) is 47.2 Å². The van der Waals surface area contributed by atoms with Crippen molar-refractivity contribution >= 4 is 40.5 Å². The molecule has 2 aromatic heterocycles. The van der Waals surface area contributed by atoms with Crippen molar-refractivity contribution in [3.8, 4) is 0 Å². The van der Waals surface area contributed by atoms with Crippen LogP contribution in [0.3, 0.4) is 0 Å². The van der Waals surface area contributed by atoms with E-state index < -0.39 is 0 Å². The maximum absolute atomic E-state index is 12.4. The third-order valence-electron chi connectivity index (χ3n) is 3.86. The van der Waals surface area contributed by atoms with E-state index in [-0.39, 0.29) is 17.4 Å². The summed E-state index contributed by atoms with van der Waals surface area (Å²) in [6.07, 6.45) is 0.946. The second-order valence-electron chi connectivity index (χ2n) is 6.93. The van der Waals surface area contributed by atoms with Gasteiger partial charge in [-0.05, 0) is 37.1 Å². The number of aryl methyl sites for hydroxylation is 1. The highest BCUT2D eigenvalue weighted by Crippen LogP contribution is 2.20. The first-order valence-electron chi connectivity index (χ1n) is 9.18. The number of anilines is 1. The van der Waals surface area contributed by atoms with Gasteiger partial charge < -0.3 is 9.73 Å². The molecular weight excluding hydrogens is 408 g/mol. The van der Waals surface area contributed by atoms with E-state index in [2.05, 4.69) is 20.5 Å². The van der Waals surface area contributed by atoms with Gasteiger partial charge in [0.2, 0.25) is 11.8 Å². The molecule has 1 amide bonds. The number of hydrogen-bond donors (Lipinski definition) is 1. The van der Waals surface area contributed by atoms with Gasteiger partial charge in [-0.15, -0.1) is 21.5 Å². The molecule has 1 aromatic carbocycles. The summed E-state index contributed by atoms with van der Waals surface area (Å²) < 4.78 is 5.58. The number of Topliss-reactive ketones (excluding diaryl/α,β-unsaturated/α-hetero) is 1. The number of rotatable bonds is 9. The predicted octanol–water partition coefficient (Wildman–Crippen LogP) is 4.38. The summed E-state index contributed by atoms with van der Waals surface area (Å²) in [5.41, 5.74) is 2.14. The fourth-order valence-electron chi connectivity index (χ4n) is 2.55. The van der Waals surface area contributed by atoms with Gasteiger partial charge in [-0.3, -0.25) is 9.59 Å². The number of ketones is 1. The van der Waals surface area contributed by atoms with Crippen LogP contribution in [0.2, 0.25) is 0 Å². The Balaban J connectivity index is 1.49. The van der Waals surface area contributed by atoms with Crippen molar-refractivity contribution in [3.05, 3.63) is 51.8 Å². The number of hydrogen-bond acceptors (Lipinski definition) is 8. The molecule has 1 N–H and O–H groups in total. The lowest BCUT2D eigenvalue weighted by Crippen LogP contribution is -2.14. The predicted molar refractivity (Wildman–Crippen MR) is 114 cm³/mol. The summed E-state index contributed by atoms with van der Waals surface area (Å²) in [6, 6.07) is 6.88. The minimum Gasteiger partial charge on any atom is -0.416 e. The minimum absolute atomic E-state index is 0.0327. The zero-order valence-electron chi connectivity index (χ0n) is 16.5. The Morgan fingerprint density at radius 2 is 1.97 bits per heavy atom. The lowest BCUT2D eigenvalue weighted by molar-refractivity contribution is -0.116. The molecule has 0 aliphatic rings. The van der Waals surface area contributed by atoms with Crippen molar-refractivity contribution in [2.45, 2.75) is 38.8 Å². The molecule has 2 heterocycles. The zero-order chi connectivity index (χ0) is 20.8. The summed E-state index contributed by atoms with van der Waals surface area (Å²) in [6.45, 7) is 5.93. The molecule has 3 aromatic rings. The largest absolute Gasteiger partial charge is 0.416 e. The first kappa shape index (κ1) is 21.2. The SMILES string of the molecule is Cc1nc(Cc2nnc(SCC(=O)c3ccc(NC(=O)CC(C)C)cc3)o2)cs1. The molecule has 0 saturated carbocycles. The van der Waals surface area contributed by atoms with Crippen molar-refractivity contribution in [3.63, 3.8) is 0 Å². The molecule has 0 spiro atoms. The van der Waals surface area contributed by atoms with Gasteiger partial charge in [-0.25, -0.2) is 4.98 Å². The topological polar surface area (TPSA) is 98.0 Å². The number of aromatic nitrogens is 3. The van der Waals surface area contributed by atoms with Crippen LogP contribution < -0.4 is 5.32 Å². The average molecular weight is 431 g/mol. The summed E-state index contributed by atoms with van der Waals surface area (Å²) in [4.78, 5) is 28.6. The Morgan fingerprint density at radius 3 is 2.62 bits per heavy atom. The fraction of sp³-hybridized carbons (Fsp3) is 0.350. The van der Waals surface area contributed by atoms with Crippen LogP contribution in [0.15, 0.2) is 39.3 Å². The van der Waals surface area contributed by atoms with E-state index in [4.69, 9.17) is 4.42 Å². The van der Waals surface area contributed by atoms with E-state index >= 15 is 0 Å². The van der Waals surface area contributed by atoms with E-state index in [1.165, 1.54) is 11.8 Å². The number of thioether (sulfide) groups is 1. The van der Waals surface area contributed by atoms with E-state index in [9.17, 15) is 9.59 Å². The normalized spacial score (nSPS) is 11.0. The highest BCUT2D eigenvalue weighted by molar-refractivity contribution is 7.99. The van der Waals surface area contributed by atoms with E-state index in [1.807, 2.05) is 26.2 Å². The molecule has 0 saturated heterocycles. The van der Waals surface area contributed by atoms with Gasteiger partial charge in [0, 0.05) is 23.1 Å². The van der Waals surface area contributed by atoms with Crippen molar-refractivity contribution in [1.82, 2.24) is 15.2 Å². The van der Waals surface area contributed by atoms with Crippen molar-refractivity contribution < 1.29 is 14.0 Å². The fourth-order valence-corrected chi connectivity index (χ4v) is 3.83. The first-order chi connectivity index (χ1) is 13.9. The number of nitrogens with one attached hydrogen (secondary N) is 1. The number of amides is 1. The molecule has 152 valence electrons. The van der Waals surface area contributed by atoms with Crippen LogP contribution in [0.5, 0.6) is 0 Å². The van der Waals surface area contributed by atoms with Crippen LogP contribution >= 0.6 is 23.1 Å². The van der Waals surface area contributed by atoms with Crippen molar-refractivity contribution in [1.29, 1.82) is 0 Å². The van der Waals surface area contributed by atoms with Gasteiger partial charge in [-0.1, -0.05) is 25.6 Å². The Labute approximate surface area is 177 Å². The summed E-state index contributed by atoms with van der Waals surface area (Å²) >= 11 is 2.78. The van der Waals surface area contributed by atoms with E-state index in [0.717, 1.165) is 10.7 Å². The molecule has 29 heavy (non-hydrogen) atoms. The number of nitrogens with zero attached hydrogens (tertiary/aromatic N) is 3. The quantitative estimate of drug-likeness (QED) is 0.397. The molecular formula is C20H22N4O3S2. The number of thiazole rings is 1. The number of carbonyl (C=O) groups excluding carboxylic acids is 2. The van der Waals surface area contributed by atoms with Crippen LogP contribution in [-0.2, 0) is 11.2 Å². The molecule has 0 bridgehead atoms. The third kappa shape index (κ3) is 6.50. The highest BCUT2D eigenvalue weighted by atomic mass is 32.2. The Hall–Kier alpha value is -2.52. The van der Waals surface area contributed by atoms with Crippen LogP contribution in [0.4, 0.5) is 5.69 Å². The lowest BCUT2D eigenvalue weighted by Gasteiger charge is -2.07. The van der Waals surface area contributed by atoms with Crippen molar-refractivity contribution in [2.75, 3.05) is 11.1 Å². The highest BCUT2D eigenvalue weighted by Gasteiger charge is 2.13. The average Bonchev–Trinajstić information content (AvgIpc) is 3.28. The first-order valence-corrected chi connectivity index (χ1v) is 11.0. The van der Waals surface area contributed by atoms with Crippen LogP contribution in [-0.4, -0.2) is 32.6 Å². The molecule has 0 aliphatic heterocycles.